The zero-order valence-electron chi connectivity index (χ0n) is 15.2. The van der Waals surface area contributed by atoms with Crippen LogP contribution in [0.15, 0.2) is 45.7 Å². The molecule has 8 heteroatoms. The van der Waals surface area contributed by atoms with Crippen molar-refractivity contribution in [2.24, 2.45) is 5.92 Å². The molecule has 1 aliphatic heterocycles. The minimum atomic E-state index is -1.06. The van der Waals surface area contributed by atoms with E-state index in [-0.39, 0.29) is 10.2 Å². The first-order valence-electron chi connectivity index (χ1n) is 8.62. The zero-order valence-corrected chi connectivity index (χ0v) is 17.6. The molecular weight excluding hydrogens is 418 g/mol. The second kappa shape index (κ2) is 8.51. The Morgan fingerprint density at radius 3 is 2.68 bits per heavy atom. The Hall–Kier alpha value is -2.09. The lowest BCUT2D eigenvalue weighted by atomic mass is 10.0. The molecule has 0 spiro atoms. The number of furan rings is 1. The third-order valence-electron chi connectivity index (χ3n) is 4.15. The number of halogens is 1. The number of amides is 1. The quantitative estimate of drug-likeness (QED) is 0.490. The summed E-state index contributed by atoms with van der Waals surface area (Å²) in [5.41, 5.74) is 0.749. The van der Waals surface area contributed by atoms with Crippen molar-refractivity contribution >= 4 is 57.9 Å². The van der Waals surface area contributed by atoms with Gasteiger partial charge in [-0.05, 0) is 36.6 Å². The van der Waals surface area contributed by atoms with Crippen molar-refractivity contribution in [2.45, 2.75) is 26.3 Å². The van der Waals surface area contributed by atoms with Gasteiger partial charge in [-0.15, -0.1) is 0 Å². The van der Waals surface area contributed by atoms with Crippen molar-refractivity contribution in [3.8, 4) is 11.3 Å². The van der Waals surface area contributed by atoms with Crippen molar-refractivity contribution < 1.29 is 19.1 Å². The largest absolute Gasteiger partial charge is 0.480 e. The fraction of sp³-hybridized carbons (Fsp3) is 0.250. The Morgan fingerprint density at radius 2 is 2.04 bits per heavy atom. The first kappa shape index (κ1) is 20.6. The molecule has 1 atom stereocenters. The normalized spacial score (nSPS) is 17.0. The number of carbonyl (C=O) groups excluding carboxylic acids is 1. The van der Waals surface area contributed by atoms with Crippen molar-refractivity contribution in [2.75, 3.05) is 0 Å². The van der Waals surface area contributed by atoms with Gasteiger partial charge in [-0.25, -0.2) is 4.79 Å². The number of thioether (sulfide) groups is 1. The molecule has 146 valence electrons. The van der Waals surface area contributed by atoms with E-state index in [1.807, 2.05) is 32.0 Å². The molecular formula is C20H18ClNO4S2. The lowest BCUT2D eigenvalue weighted by Gasteiger charge is -2.24. The van der Waals surface area contributed by atoms with E-state index in [1.54, 1.807) is 24.3 Å². The average molecular weight is 436 g/mol. The Labute approximate surface area is 177 Å². The van der Waals surface area contributed by atoms with Crippen LogP contribution in [0, 0.1) is 5.92 Å². The molecule has 28 heavy (non-hydrogen) atoms. The SMILES string of the molecule is CC(C)CC(C(=O)O)N1C(=O)C(=Cc2ccc(-c3ccccc3Cl)o2)SC1=S. The van der Waals surface area contributed by atoms with E-state index in [0.29, 0.717) is 27.9 Å². The van der Waals surface area contributed by atoms with Crippen molar-refractivity contribution in [3.63, 3.8) is 0 Å². The predicted octanol–water partition coefficient (Wildman–Crippen LogP) is 5.30. The Morgan fingerprint density at radius 1 is 1.32 bits per heavy atom. The highest BCUT2D eigenvalue weighted by Crippen LogP contribution is 2.36. The van der Waals surface area contributed by atoms with Gasteiger partial charge in [0.25, 0.3) is 5.91 Å². The molecule has 1 fully saturated rings. The molecule has 5 nitrogen and oxygen atoms in total. The maximum atomic E-state index is 12.8. The monoisotopic (exact) mass is 435 g/mol. The van der Waals surface area contributed by atoms with Crippen LogP contribution in [-0.2, 0) is 9.59 Å². The lowest BCUT2D eigenvalue weighted by molar-refractivity contribution is -0.145. The smallest absolute Gasteiger partial charge is 0.326 e. The number of carbonyl (C=O) groups is 2. The summed E-state index contributed by atoms with van der Waals surface area (Å²) in [5.74, 6) is -0.330. The number of carboxylic acids is 1. The second-order valence-corrected chi connectivity index (χ2v) is 8.80. The topological polar surface area (TPSA) is 70.8 Å². The molecule has 2 aromatic rings. The van der Waals surface area contributed by atoms with Crippen LogP contribution < -0.4 is 0 Å². The number of aliphatic carboxylic acids is 1. The molecule has 0 bridgehead atoms. The number of nitrogens with zero attached hydrogens (tertiary/aromatic N) is 1. The summed E-state index contributed by atoms with van der Waals surface area (Å²) in [6, 6.07) is 9.82. The molecule has 1 unspecified atom stereocenters. The van der Waals surface area contributed by atoms with Gasteiger partial charge in [0.2, 0.25) is 0 Å². The van der Waals surface area contributed by atoms with Crippen LogP contribution >= 0.6 is 35.6 Å². The van der Waals surface area contributed by atoms with E-state index in [2.05, 4.69) is 0 Å². The van der Waals surface area contributed by atoms with Gasteiger partial charge in [0, 0.05) is 11.6 Å². The molecule has 0 saturated carbocycles. The van der Waals surface area contributed by atoms with Crippen molar-refractivity contribution in [1.29, 1.82) is 0 Å². The van der Waals surface area contributed by atoms with Gasteiger partial charge in [-0.2, -0.15) is 0 Å². The highest BCUT2D eigenvalue weighted by Gasteiger charge is 2.40. The summed E-state index contributed by atoms with van der Waals surface area (Å²) in [6.45, 7) is 3.81. The molecule has 3 rings (SSSR count). The van der Waals surface area contributed by atoms with E-state index < -0.39 is 17.9 Å². The van der Waals surface area contributed by atoms with E-state index in [9.17, 15) is 14.7 Å². The first-order valence-corrected chi connectivity index (χ1v) is 10.2. The highest BCUT2D eigenvalue weighted by atomic mass is 35.5. The predicted molar refractivity (Wildman–Crippen MR) is 115 cm³/mol. The maximum absolute atomic E-state index is 12.8. The molecule has 1 aromatic heterocycles. The number of rotatable bonds is 6. The molecule has 1 aliphatic rings. The standard InChI is InChI=1S/C20H18ClNO4S2/c1-11(2)9-15(19(24)25)22-18(23)17(28-20(22)27)10-12-7-8-16(26-12)13-5-3-4-6-14(13)21/h3-8,10-11,15H,9H2,1-2H3,(H,24,25). The van der Waals surface area contributed by atoms with Gasteiger partial charge in [0.1, 0.15) is 21.9 Å². The molecule has 1 amide bonds. The maximum Gasteiger partial charge on any atom is 0.326 e. The third-order valence-corrected chi connectivity index (χ3v) is 5.81. The minimum Gasteiger partial charge on any atom is -0.480 e. The zero-order chi connectivity index (χ0) is 20.4. The van der Waals surface area contributed by atoms with E-state index >= 15 is 0 Å². The summed E-state index contributed by atoms with van der Waals surface area (Å²) in [5, 5.41) is 10.1. The average Bonchev–Trinajstić information content (AvgIpc) is 3.18. The Kier molecular flexibility index (Phi) is 6.27. The van der Waals surface area contributed by atoms with Crippen LogP contribution in [0.25, 0.3) is 17.4 Å². The number of hydrogen-bond donors (Lipinski definition) is 1. The van der Waals surface area contributed by atoms with Crippen LogP contribution in [0.1, 0.15) is 26.0 Å². The highest BCUT2D eigenvalue weighted by molar-refractivity contribution is 8.26. The van der Waals surface area contributed by atoms with Gasteiger partial charge in [-0.1, -0.05) is 61.6 Å². The lowest BCUT2D eigenvalue weighted by Crippen LogP contribution is -2.44. The number of benzene rings is 1. The summed E-state index contributed by atoms with van der Waals surface area (Å²) in [4.78, 5) is 26.0. The van der Waals surface area contributed by atoms with Gasteiger partial charge < -0.3 is 9.52 Å². The summed E-state index contributed by atoms with van der Waals surface area (Å²) >= 11 is 12.5. The Balaban J connectivity index is 1.86. The van der Waals surface area contributed by atoms with Crippen LogP contribution in [0.4, 0.5) is 0 Å². The van der Waals surface area contributed by atoms with Crippen molar-refractivity contribution in [3.05, 3.63) is 52.1 Å². The fourth-order valence-electron chi connectivity index (χ4n) is 2.88. The van der Waals surface area contributed by atoms with Gasteiger partial charge >= 0.3 is 5.97 Å². The Bertz CT molecular complexity index is 967. The molecule has 1 saturated heterocycles. The minimum absolute atomic E-state index is 0.109. The van der Waals surface area contributed by atoms with E-state index in [4.69, 9.17) is 28.2 Å². The van der Waals surface area contributed by atoms with Crippen LogP contribution in [0.5, 0.6) is 0 Å². The second-order valence-electron chi connectivity index (χ2n) is 6.72. The van der Waals surface area contributed by atoms with Crippen LogP contribution in [0.3, 0.4) is 0 Å². The van der Waals surface area contributed by atoms with Gasteiger partial charge in [-0.3, -0.25) is 9.69 Å². The molecule has 0 aliphatic carbocycles. The van der Waals surface area contributed by atoms with E-state index in [0.717, 1.165) is 17.3 Å². The molecule has 2 heterocycles. The van der Waals surface area contributed by atoms with Crippen LogP contribution in [-0.4, -0.2) is 32.2 Å². The number of thiocarbonyl (C=S) groups is 1. The van der Waals surface area contributed by atoms with Crippen LogP contribution in [0.2, 0.25) is 5.02 Å². The van der Waals surface area contributed by atoms with E-state index in [1.165, 1.54) is 4.90 Å². The molecule has 1 N–H and O–H groups in total. The van der Waals surface area contributed by atoms with Crippen molar-refractivity contribution in [1.82, 2.24) is 4.90 Å². The number of hydrogen-bond acceptors (Lipinski definition) is 5. The molecule has 1 aromatic carbocycles. The number of carboxylic acid groups (broad SMARTS) is 1. The fourth-order valence-corrected chi connectivity index (χ4v) is 4.44. The first-order chi connectivity index (χ1) is 13.3. The summed E-state index contributed by atoms with van der Waals surface area (Å²) in [6.07, 6.45) is 1.90. The summed E-state index contributed by atoms with van der Waals surface area (Å²) in [7, 11) is 0. The third kappa shape index (κ3) is 4.32. The van der Waals surface area contributed by atoms with Gasteiger partial charge in [0.05, 0.1) is 9.93 Å². The summed E-state index contributed by atoms with van der Waals surface area (Å²) < 4.78 is 6.04. The molecule has 0 radical (unpaired) electrons. The van der Waals surface area contributed by atoms with Gasteiger partial charge in [0.15, 0.2) is 0 Å².